The Bertz CT molecular complexity index is 199. The minimum atomic E-state index is -0.248. The zero-order valence-corrected chi connectivity index (χ0v) is 7.39. The first kappa shape index (κ1) is 8.55. The summed E-state index contributed by atoms with van der Waals surface area (Å²) < 4.78 is 0. The van der Waals surface area contributed by atoms with Crippen molar-refractivity contribution in [2.24, 2.45) is 16.7 Å². The maximum Gasteiger partial charge on any atom is 0.0699 e. The third-order valence-corrected chi connectivity index (χ3v) is 2.86. The molecule has 2 heteroatoms. The molecule has 2 nitrogen and oxygen atoms in total. The summed E-state index contributed by atoms with van der Waals surface area (Å²) in [5.41, 5.74) is -0.239. The third kappa shape index (κ3) is 1.04. The largest absolute Gasteiger partial charge is 0.396 e. The van der Waals surface area contributed by atoms with Crippen molar-refractivity contribution in [3.63, 3.8) is 0 Å². The van der Waals surface area contributed by atoms with E-state index in [4.69, 9.17) is 10.4 Å². The van der Waals surface area contributed by atoms with E-state index in [-0.39, 0.29) is 23.4 Å². The smallest absolute Gasteiger partial charge is 0.0699 e. The molecule has 0 saturated heterocycles. The maximum atomic E-state index is 8.93. The van der Waals surface area contributed by atoms with E-state index in [1.165, 1.54) is 0 Å². The molecule has 0 aliphatic heterocycles. The summed E-state index contributed by atoms with van der Waals surface area (Å²) in [6.07, 6.45) is 0.865. The van der Waals surface area contributed by atoms with Gasteiger partial charge in [0.1, 0.15) is 0 Å². The van der Waals surface area contributed by atoms with Gasteiger partial charge in [0.05, 0.1) is 11.5 Å². The van der Waals surface area contributed by atoms with Gasteiger partial charge >= 0.3 is 0 Å². The van der Waals surface area contributed by atoms with Crippen LogP contribution >= 0.6 is 0 Å². The van der Waals surface area contributed by atoms with Gasteiger partial charge in [0.25, 0.3) is 0 Å². The second kappa shape index (κ2) is 2.22. The average molecular weight is 153 g/mol. The lowest BCUT2D eigenvalue weighted by molar-refractivity contribution is 0.202. The summed E-state index contributed by atoms with van der Waals surface area (Å²) in [5.74, 6) is 0.215. The molecule has 0 aromatic carbocycles. The van der Waals surface area contributed by atoms with Crippen LogP contribution in [-0.2, 0) is 0 Å². The highest BCUT2D eigenvalue weighted by Gasteiger charge is 2.61. The normalized spacial score (nSPS) is 36.5. The van der Waals surface area contributed by atoms with E-state index < -0.39 is 0 Å². The van der Waals surface area contributed by atoms with Gasteiger partial charge in [0.2, 0.25) is 0 Å². The van der Waals surface area contributed by atoms with Crippen LogP contribution in [0.1, 0.15) is 27.2 Å². The van der Waals surface area contributed by atoms with Crippen molar-refractivity contribution in [3.05, 3.63) is 0 Å². The van der Waals surface area contributed by atoms with Gasteiger partial charge in [-0.2, -0.15) is 5.26 Å². The van der Waals surface area contributed by atoms with E-state index >= 15 is 0 Å². The standard InChI is InChI=1S/C9H15NO/c1-8(2,3)9(6-10)4-7(9)5-11/h7,11H,4-5H2,1-3H3. The minimum Gasteiger partial charge on any atom is -0.396 e. The molecule has 0 heterocycles. The van der Waals surface area contributed by atoms with E-state index in [1.54, 1.807) is 0 Å². The van der Waals surface area contributed by atoms with Gasteiger partial charge in [-0.25, -0.2) is 0 Å². The van der Waals surface area contributed by atoms with Crippen molar-refractivity contribution in [1.29, 1.82) is 5.26 Å². The fraction of sp³-hybridized carbons (Fsp3) is 0.889. The molecule has 62 valence electrons. The van der Waals surface area contributed by atoms with Gasteiger partial charge in [-0.05, 0) is 11.8 Å². The highest BCUT2D eigenvalue weighted by Crippen LogP contribution is 2.62. The molecule has 1 rings (SSSR count). The summed E-state index contributed by atoms with van der Waals surface area (Å²) in [5, 5.41) is 17.8. The number of hydrogen-bond donors (Lipinski definition) is 1. The molecule has 1 fully saturated rings. The zero-order chi connectivity index (χ0) is 8.70. The number of aliphatic hydroxyl groups is 1. The molecule has 1 aliphatic carbocycles. The van der Waals surface area contributed by atoms with Crippen LogP contribution in [0, 0.1) is 28.1 Å². The molecular formula is C9H15NO. The van der Waals surface area contributed by atoms with E-state index in [1.807, 2.05) is 0 Å². The summed E-state index contributed by atoms with van der Waals surface area (Å²) in [7, 11) is 0. The van der Waals surface area contributed by atoms with E-state index in [0.29, 0.717) is 0 Å². The van der Waals surface area contributed by atoms with Crippen molar-refractivity contribution in [2.75, 3.05) is 6.61 Å². The number of nitrogens with zero attached hydrogens (tertiary/aromatic N) is 1. The molecule has 1 aliphatic rings. The Labute approximate surface area is 67.8 Å². The second-order valence-corrected chi connectivity index (χ2v) is 4.42. The van der Waals surface area contributed by atoms with E-state index in [9.17, 15) is 0 Å². The van der Waals surface area contributed by atoms with Gasteiger partial charge in [-0.15, -0.1) is 0 Å². The fourth-order valence-electron chi connectivity index (χ4n) is 1.77. The summed E-state index contributed by atoms with van der Waals surface area (Å²) in [4.78, 5) is 0. The van der Waals surface area contributed by atoms with Crippen LogP contribution < -0.4 is 0 Å². The lowest BCUT2D eigenvalue weighted by Crippen LogP contribution is -2.23. The monoisotopic (exact) mass is 153 g/mol. The molecule has 0 aromatic rings. The summed E-state index contributed by atoms with van der Waals surface area (Å²) >= 11 is 0. The summed E-state index contributed by atoms with van der Waals surface area (Å²) in [6, 6.07) is 2.33. The topological polar surface area (TPSA) is 44.0 Å². The van der Waals surface area contributed by atoms with Gasteiger partial charge in [-0.1, -0.05) is 20.8 Å². The van der Waals surface area contributed by atoms with Crippen LogP contribution in [0.15, 0.2) is 0 Å². The van der Waals surface area contributed by atoms with Crippen LogP contribution in [0.3, 0.4) is 0 Å². The predicted octanol–water partition coefficient (Wildman–Crippen LogP) is 1.55. The number of aliphatic hydroxyl groups excluding tert-OH is 1. The first-order chi connectivity index (χ1) is 4.98. The molecule has 1 N–H and O–H groups in total. The van der Waals surface area contributed by atoms with Crippen molar-refractivity contribution in [3.8, 4) is 6.07 Å². The van der Waals surface area contributed by atoms with Gasteiger partial charge < -0.3 is 5.11 Å². The Balaban J connectivity index is 2.77. The van der Waals surface area contributed by atoms with E-state index in [0.717, 1.165) is 6.42 Å². The summed E-state index contributed by atoms with van der Waals surface area (Å²) in [6.45, 7) is 6.34. The van der Waals surface area contributed by atoms with Crippen LogP contribution in [-0.4, -0.2) is 11.7 Å². The molecule has 0 bridgehead atoms. The second-order valence-electron chi connectivity index (χ2n) is 4.42. The molecule has 0 amide bonds. The van der Waals surface area contributed by atoms with Gasteiger partial charge in [0.15, 0.2) is 0 Å². The molecular weight excluding hydrogens is 138 g/mol. The first-order valence-electron chi connectivity index (χ1n) is 4.00. The predicted molar refractivity (Wildman–Crippen MR) is 42.7 cm³/mol. The SMILES string of the molecule is CC(C)(C)C1(C#N)CC1CO. The van der Waals surface area contributed by atoms with Crippen molar-refractivity contribution in [2.45, 2.75) is 27.2 Å². The number of rotatable bonds is 1. The highest BCUT2D eigenvalue weighted by molar-refractivity contribution is 5.20. The third-order valence-electron chi connectivity index (χ3n) is 2.86. The van der Waals surface area contributed by atoms with Crippen LogP contribution in [0.4, 0.5) is 0 Å². The van der Waals surface area contributed by atoms with Gasteiger partial charge in [-0.3, -0.25) is 0 Å². The average Bonchev–Trinajstić information content (AvgIpc) is 2.60. The lowest BCUT2D eigenvalue weighted by Gasteiger charge is -2.25. The molecule has 0 radical (unpaired) electrons. The van der Waals surface area contributed by atoms with E-state index in [2.05, 4.69) is 26.8 Å². The quantitative estimate of drug-likeness (QED) is 0.621. The van der Waals surface area contributed by atoms with Crippen molar-refractivity contribution < 1.29 is 5.11 Å². The van der Waals surface area contributed by atoms with Crippen molar-refractivity contribution in [1.82, 2.24) is 0 Å². The number of nitriles is 1. The molecule has 0 aromatic heterocycles. The van der Waals surface area contributed by atoms with Crippen LogP contribution in [0.5, 0.6) is 0 Å². The first-order valence-corrected chi connectivity index (χ1v) is 4.00. The highest BCUT2D eigenvalue weighted by atomic mass is 16.3. The van der Waals surface area contributed by atoms with Crippen LogP contribution in [0.25, 0.3) is 0 Å². The molecule has 2 atom stereocenters. The fourth-order valence-corrected chi connectivity index (χ4v) is 1.77. The molecule has 11 heavy (non-hydrogen) atoms. The Hall–Kier alpha value is -0.550. The lowest BCUT2D eigenvalue weighted by atomic mass is 9.77. The minimum absolute atomic E-state index is 0.00907. The molecule has 0 spiro atoms. The van der Waals surface area contributed by atoms with Crippen molar-refractivity contribution >= 4 is 0 Å². The zero-order valence-electron chi connectivity index (χ0n) is 7.39. The Morgan fingerprint density at radius 3 is 2.27 bits per heavy atom. The number of hydrogen-bond acceptors (Lipinski definition) is 2. The Kier molecular flexibility index (Phi) is 1.72. The van der Waals surface area contributed by atoms with Crippen LogP contribution in [0.2, 0.25) is 0 Å². The van der Waals surface area contributed by atoms with Gasteiger partial charge in [0, 0.05) is 12.5 Å². The molecule has 1 saturated carbocycles. The maximum absolute atomic E-state index is 8.93. The Morgan fingerprint density at radius 2 is 2.18 bits per heavy atom. The molecule has 2 unspecified atom stereocenters. The Morgan fingerprint density at radius 1 is 1.64 bits per heavy atom.